The number of aliphatic hydroxyl groups excluding tert-OH is 1. The van der Waals surface area contributed by atoms with Crippen molar-refractivity contribution in [3.63, 3.8) is 0 Å². The topological polar surface area (TPSA) is 81.6 Å². The van der Waals surface area contributed by atoms with Gasteiger partial charge in [-0.05, 0) is 31.0 Å². The maximum Gasteiger partial charge on any atom is 0.228 e. The summed E-state index contributed by atoms with van der Waals surface area (Å²) in [6, 6.07) is 7.30. The van der Waals surface area contributed by atoms with Gasteiger partial charge in [0.05, 0.1) is 40.7 Å². The molecule has 31 heavy (non-hydrogen) atoms. The van der Waals surface area contributed by atoms with Crippen molar-refractivity contribution in [3.8, 4) is 0 Å². The molecule has 3 fully saturated rings. The summed E-state index contributed by atoms with van der Waals surface area (Å²) in [7, 11) is -1.10. The van der Waals surface area contributed by atoms with Crippen LogP contribution in [0.2, 0.25) is 0 Å². The van der Waals surface area contributed by atoms with E-state index in [-0.39, 0.29) is 30.0 Å². The molecule has 9 heteroatoms. The predicted molar refractivity (Wildman–Crippen MR) is 118 cm³/mol. The molecule has 4 atom stereocenters. The third kappa shape index (κ3) is 3.04. The molecule has 1 aliphatic carbocycles. The van der Waals surface area contributed by atoms with Crippen LogP contribution in [0.15, 0.2) is 29.2 Å². The Bertz CT molecular complexity index is 1080. The van der Waals surface area contributed by atoms with E-state index in [1.54, 1.807) is 12.1 Å². The molecule has 4 aliphatic rings. The average Bonchev–Trinajstić information content (AvgIpc) is 3.20. The third-order valence-electron chi connectivity index (χ3n) is 7.39. The summed E-state index contributed by atoms with van der Waals surface area (Å²) < 4.78 is 26.4. The molecule has 2 bridgehead atoms. The first-order valence-corrected chi connectivity index (χ1v) is 12.3. The van der Waals surface area contributed by atoms with Crippen LogP contribution in [0, 0.1) is 11.7 Å². The van der Waals surface area contributed by atoms with Crippen LogP contribution in [0.5, 0.6) is 0 Å². The smallest absolute Gasteiger partial charge is 0.228 e. The van der Waals surface area contributed by atoms with E-state index in [4.69, 9.17) is 9.97 Å². The maximum atomic E-state index is 13.8. The number of hydrogen-bond donors (Lipinski definition) is 2. The molecule has 3 unspecified atom stereocenters. The quantitative estimate of drug-likeness (QED) is 0.731. The molecular weight excluding hydrogens is 417 g/mol. The Labute approximate surface area is 183 Å². The van der Waals surface area contributed by atoms with Gasteiger partial charge < -0.3 is 20.2 Å². The molecule has 164 valence electrons. The van der Waals surface area contributed by atoms with E-state index in [9.17, 15) is 13.7 Å². The van der Waals surface area contributed by atoms with Gasteiger partial charge in [-0.15, -0.1) is 0 Å². The van der Waals surface area contributed by atoms with Crippen LogP contribution < -0.4 is 15.1 Å². The summed E-state index contributed by atoms with van der Waals surface area (Å²) in [5, 5.41) is 13.2. The molecule has 1 aromatic heterocycles. The number of benzene rings is 1. The first-order chi connectivity index (χ1) is 15.0. The van der Waals surface area contributed by atoms with E-state index in [0.29, 0.717) is 34.8 Å². The zero-order chi connectivity index (χ0) is 21.3. The SMILES string of the molecule is C[C@H]1C2CN(c3nc4c(c(NC5(CO)CC5)n3)S(=O)CC4)C1CN2c1cccc(F)c1. The predicted octanol–water partition coefficient (Wildman–Crippen LogP) is 1.93. The zero-order valence-corrected chi connectivity index (χ0v) is 18.2. The minimum atomic E-state index is -1.10. The second kappa shape index (κ2) is 6.87. The van der Waals surface area contributed by atoms with E-state index < -0.39 is 10.8 Å². The Morgan fingerprint density at radius 1 is 1.26 bits per heavy atom. The number of rotatable bonds is 5. The van der Waals surface area contributed by atoms with Gasteiger partial charge in [0.15, 0.2) is 0 Å². The second-order valence-electron chi connectivity index (χ2n) is 9.29. The van der Waals surface area contributed by atoms with Crippen molar-refractivity contribution in [3.05, 3.63) is 35.8 Å². The molecule has 0 radical (unpaired) electrons. The molecule has 2 N–H and O–H groups in total. The molecule has 2 saturated heterocycles. The van der Waals surface area contributed by atoms with Gasteiger partial charge in [0.1, 0.15) is 16.5 Å². The summed E-state index contributed by atoms with van der Waals surface area (Å²) in [5.41, 5.74) is 1.44. The minimum absolute atomic E-state index is 0.0434. The van der Waals surface area contributed by atoms with Gasteiger partial charge in [0, 0.05) is 36.9 Å². The van der Waals surface area contributed by atoms with Crippen molar-refractivity contribution in [2.24, 2.45) is 5.92 Å². The number of aromatic nitrogens is 2. The number of nitrogens with one attached hydrogen (secondary N) is 1. The highest BCUT2D eigenvalue weighted by Gasteiger charge is 2.51. The monoisotopic (exact) mass is 443 g/mol. The maximum absolute atomic E-state index is 13.8. The summed E-state index contributed by atoms with van der Waals surface area (Å²) in [6.07, 6.45) is 2.46. The Morgan fingerprint density at radius 3 is 2.71 bits per heavy atom. The number of anilines is 3. The van der Waals surface area contributed by atoms with Gasteiger partial charge in [0.2, 0.25) is 5.95 Å². The number of aryl methyl sites for hydroxylation is 1. The van der Waals surface area contributed by atoms with Crippen LogP contribution >= 0.6 is 0 Å². The standard InChI is InChI=1S/C22H26FN5O2S/c1-13-17-11-28(18(13)10-27(17)15-4-2-3-14(23)9-15)21-24-16-5-8-31(30)19(16)20(25-21)26-22(12-29)6-7-22/h2-4,9,13,17-18,29H,5-8,10-12H2,1H3,(H,24,25,26)/t13-,17?,18?,31?/m0/s1. The van der Waals surface area contributed by atoms with E-state index in [1.165, 1.54) is 6.07 Å². The average molecular weight is 444 g/mol. The van der Waals surface area contributed by atoms with Crippen molar-refractivity contribution in [2.45, 2.75) is 48.7 Å². The molecule has 6 rings (SSSR count). The molecule has 0 spiro atoms. The van der Waals surface area contributed by atoms with Gasteiger partial charge in [0.25, 0.3) is 0 Å². The Balaban J connectivity index is 1.32. The van der Waals surface area contributed by atoms with Gasteiger partial charge in [-0.25, -0.2) is 9.37 Å². The van der Waals surface area contributed by atoms with E-state index in [2.05, 4.69) is 22.0 Å². The minimum Gasteiger partial charge on any atom is -0.394 e. The molecule has 2 aromatic rings. The fourth-order valence-corrected chi connectivity index (χ4v) is 6.64. The Kier molecular flexibility index (Phi) is 4.30. The zero-order valence-electron chi connectivity index (χ0n) is 17.4. The summed E-state index contributed by atoms with van der Waals surface area (Å²) in [5.74, 6) is 2.06. The third-order valence-corrected chi connectivity index (χ3v) is 8.85. The Morgan fingerprint density at radius 2 is 2.03 bits per heavy atom. The van der Waals surface area contributed by atoms with Crippen LogP contribution in [0.3, 0.4) is 0 Å². The van der Waals surface area contributed by atoms with E-state index in [0.717, 1.165) is 37.3 Å². The highest BCUT2D eigenvalue weighted by molar-refractivity contribution is 7.85. The lowest BCUT2D eigenvalue weighted by atomic mass is 10.0. The second-order valence-corrected chi connectivity index (χ2v) is 10.8. The fraction of sp³-hybridized carbons (Fsp3) is 0.545. The highest BCUT2D eigenvalue weighted by atomic mass is 32.2. The van der Waals surface area contributed by atoms with Gasteiger partial charge in [-0.3, -0.25) is 4.21 Å². The molecular formula is C22H26FN5O2S. The number of aliphatic hydroxyl groups is 1. The number of fused-ring (bicyclic) bond motifs is 3. The highest BCUT2D eigenvalue weighted by Crippen LogP contribution is 2.43. The first-order valence-electron chi connectivity index (χ1n) is 11.0. The molecule has 1 aromatic carbocycles. The van der Waals surface area contributed by atoms with Gasteiger partial charge >= 0.3 is 0 Å². The summed E-state index contributed by atoms with van der Waals surface area (Å²) in [6.45, 7) is 3.85. The molecule has 0 amide bonds. The van der Waals surface area contributed by atoms with Crippen molar-refractivity contribution in [1.29, 1.82) is 0 Å². The van der Waals surface area contributed by atoms with Crippen molar-refractivity contribution >= 4 is 28.3 Å². The fourth-order valence-electron chi connectivity index (χ4n) is 5.33. The van der Waals surface area contributed by atoms with Gasteiger partial charge in [-0.2, -0.15) is 4.98 Å². The number of piperazine rings is 1. The molecule has 7 nitrogen and oxygen atoms in total. The Hall–Kier alpha value is -2.26. The number of halogens is 1. The normalized spacial score (nSPS) is 30.0. The van der Waals surface area contributed by atoms with Crippen molar-refractivity contribution in [1.82, 2.24) is 9.97 Å². The lowest BCUT2D eigenvalue weighted by Gasteiger charge is -2.36. The number of nitrogens with zero attached hydrogens (tertiary/aromatic N) is 4. The van der Waals surface area contributed by atoms with Crippen molar-refractivity contribution in [2.75, 3.05) is 40.6 Å². The lowest BCUT2D eigenvalue weighted by molar-refractivity contribution is 0.265. The van der Waals surface area contributed by atoms with Crippen LogP contribution in [0.25, 0.3) is 0 Å². The van der Waals surface area contributed by atoms with Crippen molar-refractivity contribution < 1.29 is 13.7 Å². The van der Waals surface area contributed by atoms with Crippen LogP contribution in [-0.2, 0) is 17.2 Å². The molecule has 3 aliphatic heterocycles. The van der Waals surface area contributed by atoms with E-state index in [1.807, 2.05) is 6.07 Å². The summed E-state index contributed by atoms with van der Waals surface area (Å²) >= 11 is 0. The largest absolute Gasteiger partial charge is 0.394 e. The number of hydrogen-bond acceptors (Lipinski definition) is 7. The molecule has 1 saturated carbocycles. The first kappa shape index (κ1) is 19.4. The van der Waals surface area contributed by atoms with Crippen LogP contribution in [0.4, 0.5) is 21.8 Å². The lowest BCUT2D eigenvalue weighted by Crippen LogP contribution is -2.47. The van der Waals surface area contributed by atoms with Crippen LogP contribution in [-0.4, -0.2) is 62.4 Å². The summed E-state index contributed by atoms with van der Waals surface area (Å²) in [4.78, 5) is 14.9. The van der Waals surface area contributed by atoms with Crippen LogP contribution in [0.1, 0.15) is 25.5 Å². The molecule has 4 heterocycles. The van der Waals surface area contributed by atoms with Gasteiger partial charge in [-0.1, -0.05) is 13.0 Å². The van der Waals surface area contributed by atoms with E-state index >= 15 is 0 Å².